The van der Waals surface area contributed by atoms with Gasteiger partial charge in [0.2, 0.25) is 10.0 Å². The van der Waals surface area contributed by atoms with Gasteiger partial charge in [-0.3, -0.25) is 14.3 Å². The van der Waals surface area contributed by atoms with Crippen molar-refractivity contribution in [3.63, 3.8) is 0 Å². The fraction of sp³-hybridized carbons (Fsp3) is 0.667. The molecule has 0 amide bonds. The van der Waals surface area contributed by atoms with Crippen LogP contribution in [-0.2, 0) is 19.5 Å². The largest absolute Gasteiger partial charge is 0.376 e. The van der Waals surface area contributed by atoms with Crippen LogP contribution in [0.5, 0.6) is 0 Å². The first-order valence-electron chi connectivity index (χ1n) is 6.70. The molecule has 1 aromatic rings. The number of hydrogen-bond acceptors (Lipinski definition) is 6. The lowest BCUT2D eigenvalue weighted by molar-refractivity contribution is -0.0484. The molecular weight excluding hydrogens is 314 g/mol. The molecule has 22 heavy (non-hydrogen) atoms. The molecule has 1 aliphatic heterocycles. The number of nitrogens with one attached hydrogen (secondary N) is 2. The molecule has 1 aromatic heterocycles. The molecule has 0 unspecified atom stereocenters. The van der Waals surface area contributed by atoms with Gasteiger partial charge in [0, 0.05) is 25.3 Å². The van der Waals surface area contributed by atoms with Crippen molar-refractivity contribution in [1.82, 2.24) is 14.3 Å². The van der Waals surface area contributed by atoms with Gasteiger partial charge in [0.1, 0.15) is 6.10 Å². The minimum Gasteiger partial charge on any atom is -0.376 e. The summed E-state index contributed by atoms with van der Waals surface area (Å²) in [6, 6.07) is 1.19. The summed E-state index contributed by atoms with van der Waals surface area (Å²) in [6.07, 6.45) is -0.646. The Hall–Kier alpha value is -1.49. The molecule has 2 heterocycles. The minimum absolute atomic E-state index is 0.237. The summed E-state index contributed by atoms with van der Waals surface area (Å²) in [5.41, 5.74) is -1.15. The van der Waals surface area contributed by atoms with E-state index in [2.05, 4.69) is 9.71 Å². The van der Waals surface area contributed by atoms with E-state index in [0.29, 0.717) is 0 Å². The predicted octanol–water partition coefficient (Wildman–Crippen LogP) is -1.37. The van der Waals surface area contributed by atoms with Gasteiger partial charge in [-0.25, -0.2) is 17.9 Å². The topological polar surface area (TPSA) is 119 Å². The molecule has 10 heteroatoms. The van der Waals surface area contributed by atoms with Gasteiger partial charge in [-0.05, 0) is 7.05 Å². The molecule has 1 saturated heterocycles. The van der Waals surface area contributed by atoms with E-state index in [-0.39, 0.29) is 11.7 Å². The summed E-state index contributed by atoms with van der Waals surface area (Å²) in [4.78, 5) is 25.2. The second-order valence-corrected chi connectivity index (χ2v) is 7.10. The van der Waals surface area contributed by atoms with Gasteiger partial charge in [0.15, 0.2) is 6.23 Å². The summed E-state index contributed by atoms with van der Waals surface area (Å²) in [5.74, 6) is -0.490. The maximum absolute atomic E-state index is 11.9. The van der Waals surface area contributed by atoms with Gasteiger partial charge in [-0.2, -0.15) is 0 Å². The number of H-pyrrole nitrogens is 1. The van der Waals surface area contributed by atoms with Crippen molar-refractivity contribution in [2.24, 2.45) is 5.92 Å². The van der Waals surface area contributed by atoms with Crippen LogP contribution in [0, 0.1) is 5.92 Å². The highest BCUT2D eigenvalue weighted by molar-refractivity contribution is 7.89. The first kappa shape index (κ1) is 16.9. The van der Waals surface area contributed by atoms with Crippen molar-refractivity contribution in [1.29, 1.82) is 0 Å². The first-order chi connectivity index (χ1) is 10.3. The van der Waals surface area contributed by atoms with E-state index >= 15 is 0 Å². The van der Waals surface area contributed by atoms with Crippen LogP contribution in [0.3, 0.4) is 0 Å². The molecule has 0 saturated carbocycles. The van der Waals surface area contributed by atoms with E-state index < -0.39 is 39.7 Å². The van der Waals surface area contributed by atoms with Gasteiger partial charge in [0.25, 0.3) is 5.56 Å². The summed E-state index contributed by atoms with van der Waals surface area (Å²) >= 11 is 0. The smallest absolute Gasteiger partial charge is 0.330 e. The Balaban J connectivity index is 2.33. The zero-order chi connectivity index (χ0) is 16.5. The quantitative estimate of drug-likeness (QED) is 0.686. The second kappa shape index (κ2) is 6.32. The fourth-order valence-corrected chi connectivity index (χ4v) is 3.51. The van der Waals surface area contributed by atoms with Crippen molar-refractivity contribution < 1.29 is 17.9 Å². The molecule has 2 N–H and O–H groups in total. The second-order valence-electron chi connectivity index (χ2n) is 5.13. The molecule has 0 radical (unpaired) electrons. The monoisotopic (exact) mass is 333 g/mol. The van der Waals surface area contributed by atoms with Crippen LogP contribution in [0.2, 0.25) is 0 Å². The molecule has 0 aliphatic carbocycles. The minimum atomic E-state index is -3.47. The highest BCUT2D eigenvalue weighted by Gasteiger charge is 2.45. The lowest BCUT2D eigenvalue weighted by atomic mass is 10.0. The average molecular weight is 333 g/mol. The number of sulfonamides is 1. The molecule has 2 rings (SSSR count). The summed E-state index contributed by atoms with van der Waals surface area (Å²) in [5, 5.41) is 0. The Kier molecular flexibility index (Phi) is 4.85. The van der Waals surface area contributed by atoms with Gasteiger partial charge < -0.3 is 9.47 Å². The summed E-state index contributed by atoms with van der Waals surface area (Å²) < 4.78 is 37.9. The SMILES string of the molecule is CNS(=O)(=O)C[C@H]1O[C@@H](n2ccc(=O)[nH]c2=O)[C@H](OC)[C@@H]1C. The predicted molar refractivity (Wildman–Crippen MR) is 78.0 cm³/mol. The van der Waals surface area contributed by atoms with Crippen molar-refractivity contribution in [3.05, 3.63) is 33.1 Å². The van der Waals surface area contributed by atoms with Crippen LogP contribution in [-0.4, -0.2) is 50.1 Å². The lowest BCUT2D eigenvalue weighted by Gasteiger charge is -2.20. The number of methoxy groups -OCH3 is 1. The molecule has 0 spiro atoms. The average Bonchev–Trinajstić information content (AvgIpc) is 2.74. The van der Waals surface area contributed by atoms with E-state index in [1.807, 2.05) is 0 Å². The molecule has 4 atom stereocenters. The van der Waals surface area contributed by atoms with Crippen LogP contribution in [0.25, 0.3) is 0 Å². The zero-order valence-corrected chi connectivity index (χ0v) is 13.3. The summed E-state index contributed by atoms with van der Waals surface area (Å²) in [6.45, 7) is 1.79. The molecule has 0 aromatic carbocycles. The number of aromatic amines is 1. The van der Waals surface area contributed by atoms with Crippen LogP contribution < -0.4 is 16.0 Å². The third-order valence-corrected chi connectivity index (χ3v) is 5.18. The maximum atomic E-state index is 11.9. The lowest BCUT2D eigenvalue weighted by Crippen LogP contribution is -2.36. The highest BCUT2D eigenvalue weighted by Crippen LogP contribution is 2.35. The number of aromatic nitrogens is 2. The van der Waals surface area contributed by atoms with Crippen LogP contribution in [0.1, 0.15) is 13.2 Å². The Morgan fingerprint density at radius 3 is 2.68 bits per heavy atom. The van der Waals surface area contributed by atoms with E-state index in [9.17, 15) is 18.0 Å². The normalized spacial score (nSPS) is 28.9. The van der Waals surface area contributed by atoms with Gasteiger partial charge in [-0.1, -0.05) is 6.92 Å². The van der Waals surface area contributed by atoms with E-state index in [1.165, 1.54) is 31.0 Å². The molecule has 0 bridgehead atoms. The Labute approximate surface area is 127 Å². The Morgan fingerprint density at radius 1 is 1.45 bits per heavy atom. The third-order valence-electron chi connectivity index (χ3n) is 3.79. The Morgan fingerprint density at radius 2 is 2.14 bits per heavy atom. The standard InChI is InChI=1S/C12H19N3O6S/c1-7-8(6-22(18,19)13-2)21-11(10(7)20-3)15-5-4-9(16)14-12(15)17/h4-5,7-8,10-11,13H,6H2,1-3H3,(H,14,16,17)/t7-,8-,10-,11-/m1/s1. The van der Waals surface area contributed by atoms with Crippen LogP contribution in [0.15, 0.2) is 21.9 Å². The van der Waals surface area contributed by atoms with Crippen LogP contribution >= 0.6 is 0 Å². The first-order valence-corrected chi connectivity index (χ1v) is 8.35. The zero-order valence-electron chi connectivity index (χ0n) is 12.5. The van der Waals surface area contributed by atoms with E-state index in [1.54, 1.807) is 6.92 Å². The molecule has 9 nitrogen and oxygen atoms in total. The maximum Gasteiger partial charge on any atom is 0.330 e. The number of nitrogens with zero attached hydrogens (tertiary/aromatic N) is 1. The molecular formula is C12H19N3O6S. The number of rotatable bonds is 5. The van der Waals surface area contributed by atoms with Gasteiger partial charge in [-0.15, -0.1) is 0 Å². The fourth-order valence-electron chi connectivity index (χ4n) is 2.52. The highest BCUT2D eigenvalue weighted by atomic mass is 32.2. The number of ether oxygens (including phenoxy) is 2. The van der Waals surface area contributed by atoms with Crippen molar-refractivity contribution in [3.8, 4) is 0 Å². The van der Waals surface area contributed by atoms with Crippen LogP contribution in [0.4, 0.5) is 0 Å². The Bertz CT molecular complexity index is 740. The van der Waals surface area contributed by atoms with Crippen molar-refractivity contribution >= 4 is 10.0 Å². The third kappa shape index (κ3) is 3.29. The molecule has 124 valence electrons. The van der Waals surface area contributed by atoms with Crippen molar-refractivity contribution in [2.75, 3.05) is 19.9 Å². The van der Waals surface area contributed by atoms with Gasteiger partial charge in [0.05, 0.1) is 11.9 Å². The summed E-state index contributed by atoms with van der Waals surface area (Å²) in [7, 11) is -0.678. The van der Waals surface area contributed by atoms with E-state index in [0.717, 1.165) is 0 Å². The van der Waals surface area contributed by atoms with E-state index in [4.69, 9.17) is 9.47 Å². The van der Waals surface area contributed by atoms with Crippen molar-refractivity contribution in [2.45, 2.75) is 25.4 Å². The molecule has 1 fully saturated rings. The number of hydrogen-bond donors (Lipinski definition) is 2. The van der Waals surface area contributed by atoms with Gasteiger partial charge >= 0.3 is 5.69 Å². The molecule has 1 aliphatic rings.